The highest BCUT2D eigenvalue weighted by atomic mass is 15.0. The zero-order valence-electron chi connectivity index (χ0n) is 20.4. The van der Waals surface area contributed by atoms with Crippen LogP contribution in [-0.2, 0) is 0 Å². The average molecular weight is 474 g/mol. The third-order valence-corrected chi connectivity index (χ3v) is 7.74. The van der Waals surface area contributed by atoms with Crippen LogP contribution in [0.4, 0.5) is 0 Å². The Morgan fingerprint density at radius 3 is 2.24 bits per heavy atom. The quantitative estimate of drug-likeness (QED) is 0.246. The molecule has 0 N–H and O–H groups in total. The van der Waals surface area contributed by atoms with Gasteiger partial charge in [-0.15, -0.1) is 0 Å². The Balaban J connectivity index is 1.53. The van der Waals surface area contributed by atoms with Gasteiger partial charge in [-0.2, -0.15) is 0 Å². The fourth-order valence-corrected chi connectivity index (χ4v) is 6.08. The van der Waals surface area contributed by atoms with Gasteiger partial charge < -0.3 is 9.13 Å². The highest BCUT2D eigenvalue weighted by Gasteiger charge is 2.18. The van der Waals surface area contributed by atoms with Crippen molar-refractivity contribution in [1.82, 2.24) is 14.1 Å². The number of aryl methyl sites for hydroxylation is 1. The van der Waals surface area contributed by atoms with Crippen LogP contribution in [0.25, 0.3) is 65.6 Å². The smallest absolute Gasteiger partial charge is 0.0723 e. The van der Waals surface area contributed by atoms with Crippen LogP contribution in [0.15, 0.2) is 122 Å². The molecule has 0 aliphatic rings. The first-order chi connectivity index (χ1) is 18.3. The number of rotatable bonds is 2. The van der Waals surface area contributed by atoms with E-state index in [1.165, 1.54) is 60.1 Å². The maximum atomic E-state index is 4.61. The van der Waals surface area contributed by atoms with Crippen molar-refractivity contribution < 1.29 is 0 Å². The van der Waals surface area contributed by atoms with Crippen LogP contribution >= 0.6 is 0 Å². The van der Waals surface area contributed by atoms with Gasteiger partial charge in [0.15, 0.2) is 0 Å². The van der Waals surface area contributed by atoms with E-state index in [0.29, 0.717) is 0 Å². The molecule has 3 heteroatoms. The second-order valence-electron chi connectivity index (χ2n) is 9.76. The Bertz CT molecular complexity index is 2150. The van der Waals surface area contributed by atoms with Crippen molar-refractivity contribution in [3.63, 3.8) is 0 Å². The summed E-state index contributed by atoms with van der Waals surface area (Å²) in [6.45, 7) is 2.18. The number of benzene rings is 5. The SMILES string of the molecule is Cc1ccccc1-n1ccc2ccc3c(ccc4c3c3ccccc3n4-c3cncc4ccccc34)c21. The van der Waals surface area contributed by atoms with Crippen LogP contribution in [0, 0.1) is 6.92 Å². The van der Waals surface area contributed by atoms with E-state index in [2.05, 4.69) is 130 Å². The number of nitrogens with zero attached hydrogens (tertiary/aromatic N) is 3. The highest BCUT2D eigenvalue weighted by molar-refractivity contribution is 6.25. The Labute approximate surface area is 213 Å². The Hall–Kier alpha value is -4.89. The van der Waals surface area contributed by atoms with Gasteiger partial charge in [0, 0.05) is 50.4 Å². The first kappa shape index (κ1) is 20.3. The second-order valence-corrected chi connectivity index (χ2v) is 9.76. The van der Waals surface area contributed by atoms with Crippen LogP contribution < -0.4 is 0 Å². The molecule has 8 aromatic rings. The summed E-state index contributed by atoms with van der Waals surface area (Å²) in [6, 6.07) is 37.2. The van der Waals surface area contributed by atoms with Gasteiger partial charge >= 0.3 is 0 Å². The van der Waals surface area contributed by atoms with Crippen molar-refractivity contribution >= 4 is 54.3 Å². The Morgan fingerprint density at radius 2 is 1.32 bits per heavy atom. The summed E-state index contributed by atoms with van der Waals surface area (Å²) in [4.78, 5) is 4.61. The predicted molar refractivity (Wildman–Crippen MR) is 155 cm³/mol. The Kier molecular flexibility index (Phi) is 4.15. The van der Waals surface area contributed by atoms with Crippen molar-refractivity contribution in [2.24, 2.45) is 0 Å². The van der Waals surface area contributed by atoms with E-state index < -0.39 is 0 Å². The minimum atomic E-state index is 1.10. The Morgan fingerprint density at radius 1 is 0.541 bits per heavy atom. The van der Waals surface area contributed by atoms with Gasteiger partial charge in [-0.05, 0) is 42.1 Å². The van der Waals surface area contributed by atoms with Crippen molar-refractivity contribution in [3.05, 3.63) is 127 Å². The number of fused-ring (bicyclic) bond motifs is 8. The molecule has 0 saturated carbocycles. The molecule has 0 saturated heterocycles. The van der Waals surface area contributed by atoms with Crippen LogP contribution in [0.1, 0.15) is 5.56 Å². The molecular formula is C34H23N3. The maximum absolute atomic E-state index is 4.61. The molecular weight excluding hydrogens is 450 g/mol. The second kappa shape index (κ2) is 7.55. The van der Waals surface area contributed by atoms with Gasteiger partial charge in [0.2, 0.25) is 0 Å². The van der Waals surface area contributed by atoms with E-state index >= 15 is 0 Å². The molecule has 0 fully saturated rings. The molecule has 5 aromatic carbocycles. The first-order valence-electron chi connectivity index (χ1n) is 12.6. The highest BCUT2D eigenvalue weighted by Crippen LogP contribution is 2.40. The number of para-hydroxylation sites is 2. The predicted octanol–water partition coefficient (Wildman–Crippen LogP) is 8.74. The minimum absolute atomic E-state index is 1.10. The summed E-state index contributed by atoms with van der Waals surface area (Å²) in [7, 11) is 0. The van der Waals surface area contributed by atoms with Crippen LogP contribution in [0.2, 0.25) is 0 Å². The molecule has 0 spiro atoms. The van der Waals surface area contributed by atoms with Gasteiger partial charge in [0.25, 0.3) is 0 Å². The molecule has 0 unspecified atom stereocenters. The molecule has 8 rings (SSSR count). The molecule has 3 heterocycles. The molecule has 0 radical (unpaired) electrons. The molecule has 37 heavy (non-hydrogen) atoms. The van der Waals surface area contributed by atoms with E-state index in [1.54, 1.807) is 0 Å². The van der Waals surface area contributed by atoms with Gasteiger partial charge in [-0.1, -0.05) is 78.9 Å². The summed E-state index contributed by atoms with van der Waals surface area (Å²) >= 11 is 0. The minimum Gasteiger partial charge on any atom is -0.316 e. The lowest BCUT2D eigenvalue weighted by Crippen LogP contribution is -1.97. The zero-order chi connectivity index (χ0) is 24.5. The van der Waals surface area contributed by atoms with Gasteiger partial charge in [0.1, 0.15) is 0 Å². The van der Waals surface area contributed by atoms with Gasteiger partial charge in [-0.3, -0.25) is 4.98 Å². The van der Waals surface area contributed by atoms with Gasteiger partial charge in [0.05, 0.1) is 28.4 Å². The molecule has 3 aromatic heterocycles. The molecule has 3 nitrogen and oxygen atoms in total. The van der Waals surface area contributed by atoms with Crippen molar-refractivity contribution in [3.8, 4) is 11.4 Å². The summed E-state index contributed by atoms with van der Waals surface area (Å²) in [5.41, 5.74) is 7.22. The molecule has 0 bridgehead atoms. The third-order valence-electron chi connectivity index (χ3n) is 7.74. The summed E-state index contributed by atoms with van der Waals surface area (Å²) in [5, 5.41) is 8.65. The number of hydrogen-bond acceptors (Lipinski definition) is 1. The summed E-state index contributed by atoms with van der Waals surface area (Å²) < 4.78 is 4.72. The lowest BCUT2D eigenvalue weighted by molar-refractivity contribution is 1.11. The fraction of sp³-hybridized carbons (Fsp3) is 0.0294. The van der Waals surface area contributed by atoms with E-state index in [4.69, 9.17) is 0 Å². The van der Waals surface area contributed by atoms with Crippen molar-refractivity contribution in [2.75, 3.05) is 0 Å². The number of hydrogen-bond donors (Lipinski definition) is 0. The molecule has 174 valence electrons. The van der Waals surface area contributed by atoms with E-state index in [0.717, 1.165) is 11.1 Å². The van der Waals surface area contributed by atoms with Crippen molar-refractivity contribution in [2.45, 2.75) is 6.92 Å². The topological polar surface area (TPSA) is 22.8 Å². The van der Waals surface area contributed by atoms with Gasteiger partial charge in [-0.25, -0.2) is 0 Å². The molecule has 0 atom stereocenters. The number of aromatic nitrogens is 3. The molecule has 0 aliphatic carbocycles. The largest absolute Gasteiger partial charge is 0.316 e. The lowest BCUT2D eigenvalue weighted by Gasteiger charge is -2.13. The van der Waals surface area contributed by atoms with Crippen molar-refractivity contribution in [1.29, 1.82) is 0 Å². The monoisotopic (exact) mass is 473 g/mol. The average Bonchev–Trinajstić information content (AvgIpc) is 3.52. The normalized spacial score (nSPS) is 11.9. The molecule has 0 amide bonds. The van der Waals surface area contributed by atoms with E-state index in [1.807, 2.05) is 12.4 Å². The van der Waals surface area contributed by atoms with E-state index in [9.17, 15) is 0 Å². The van der Waals surface area contributed by atoms with E-state index in [-0.39, 0.29) is 0 Å². The lowest BCUT2D eigenvalue weighted by atomic mass is 10.0. The van der Waals surface area contributed by atoms with Crippen LogP contribution in [0.5, 0.6) is 0 Å². The summed E-state index contributed by atoms with van der Waals surface area (Å²) in [5.74, 6) is 0. The third kappa shape index (κ3) is 2.80. The maximum Gasteiger partial charge on any atom is 0.0723 e. The number of pyridine rings is 1. The first-order valence-corrected chi connectivity index (χ1v) is 12.6. The molecule has 0 aliphatic heterocycles. The fourth-order valence-electron chi connectivity index (χ4n) is 6.08. The standard InChI is InChI=1S/C34H23N3/c1-22-8-2-6-12-29(22)36-19-18-23-14-15-26-27(34(23)36)16-17-31-33(26)28-11-5-7-13-30(28)37(31)32-21-35-20-24-9-3-4-10-25(24)32/h2-21H,1H3. The van der Waals surface area contributed by atoms with Crippen LogP contribution in [0.3, 0.4) is 0 Å². The van der Waals surface area contributed by atoms with Crippen LogP contribution in [-0.4, -0.2) is 14.1 Å². The summed E-state index contributed by atoms with van der Waals surface area (Å²) in [6.07, 6.45) is 6.13. The zero-order valence-corrected chi connectivity index (χ0v) is 20.4.